The van der Waals surface area contributed by atoms with Gasteiger partial charge in [-0.25, -0.2) is 15.0 Å². The first-order valence-electron chi connectivity index (χ1n) is 21.0. The molecule has 0 aliphatic rings. The maximum atomic E-state index is 6.60. The summed E-state index contributed by atoms with van der Waals surface area (Å²) in [6.45, 7) is 0. The summed E-state index contributed by atoms with van der Waals surface area (Å²) in [5, 5.41) is 4.14. The minimum absolute atomic E-state index is 0.591. The Morgan fingerprint density at radius 2 is 0.825 bits per heavy atom. The highest BCUT2D eigenvalue weighted by Crippen LogP contribution is 2.44. The fourth-order valence-electron chi connectivity index (χ4n) is 8.69. The second-order valence-electron chi connectivity index (χ2n) is 15.6. The van der Waals surface area contributed by atoms with E-state index in [0.717, 1.165) is 94.3 Å². The van der Waals surface area contributed by atoms with Crippen molar-refractivity contribution in [2.45, 2.75) is 0 Å². The minimum atomic E-state index is 0.591. The summed E-state index contributed by atoms with van der Waals surface area (Å²) in [5.74, 6) is 1.83. The standard InChI is InChI=1S/C57H36N4O2/c1-4-14-37(15-5-1)38-26-31-43(32-27-38)61(49-23-12-21-46-45-20-10-11-24-50(45)63-54(46)49)44-33-28-39(29-34-44)42-30-35-47-52(36-42)62-51-25-13-22-48(53(47)51)57-59-55(40-16-6-2-7-17-40)58-56(60-57)41-18-8-3-9-19-41/h1-36H. The molecule has 6 nitrogen and oxygen atoms in total. The molecule has 0 spiro atoms. The van der Waals surface area contributed by atoms with E-state index in [0.29, 0.717) is 17.5 Å². The molecule has 12 rings (SSSR count). The Kier molecular flexibility index (Phi) is 8.71. The molecular weight excluding hydrogens is 773 g/mol. The average molecular weight is 809 g/mol. The Hall–Kier alpha value is -8.61. The van der Waals surface area contributed by atoms with Gasteiger partial charge in [-0.3, -0.25) is 0 Å². The molecule has 0 aliphatic heterocycles. The highest BCUT2D eigenvalue weighted by molar-refractivity contribution is 6.13. The summed E-state index contributed by atoms with van der Waals surface area (Å²) in [4.78, 5) is 17.3. The summed E-state index contributed by atoms with van der Waals surface area (Å²) in [6.07, 6.45) is 0. The topological polar surface area (TPSA) is 68.2 Å². The van der Waals surface area contributed by atoms with Crippen molar-refractivity contribution in [2.75, 3.05) is 4.90 Å². The Labute approximate surface area is 363 Å². The van der Waals surface area contributed by atoms with Gasteiger partial charge in [0.2, 0.25) is 0 Å². The molecule has 12 aromatic rings. The van der Waals surface area contributed by atoms with Crippen molar-refractivity contribution in [1.29, 1.82) is 0 Å². The number of hydrogen-bond acceptors (Lipinski definition) is 6. The molecular formula is C57H36N4O2. The monoisotopic (exact) mass is 808 g/mol. The molecule has 9 aromatic carbocycles. The molecule has 3 heterocycles. The van der Waals surface area contributed by atoms with Gasteiger partial charge in [0.05, 0.1) is 5.69 Å². The smallest absolute Gasteiger partial charge is 0.164 e. The lowest BCUT2D eigenvalue weighted by Crippen LogP contribution is -2.10. The SMILES string of the molecule is c1ccc(-c2ccc(N(c3ccc(-c4ccc5c(c4)oc4cccc(-c6nc(-c7ccccc7)nc(-c7ccccc7)n6)c45)cc3)c3cccc4c3oc3ccccc34)cc2)cc1. The number of para-hydroxylation sites is 2. The number of hydrogen-bond donors (Lipinski definition) is 0. The number of aromatic nitrogens is 3. The Morgan fingerprint density at radius 1 is 0.317 bits per heavy atom. The molecule has 296 valence electrons. The van der Waals surface area contributed by atoms with Crippen molar-refractivity contribution in [2.24, 2.45) is 0 Å². The maximum Gasteiger partial charge on any atom is 0.164 e. The Bertz CT molecular complexity index is 3540. The molecule has 0 atom stereocenters. The first-order valence-corrected chi connectivity index (χ1v) is 21.0. The third-order valence-electron chi connectivity index (χ3n) is 11.8. The molecule has 0 aliphatic carbocycles. The van der Waals surface area contributed by atoms with Gasteiger partial charge in [0, 0.05) is 49.6 Å². The van der Waals surface area contributed by atoms with Crippen LogP contribution in [0, 0.1) is 0 Å². The molecule has 6 heteroatoms. The van der Waals surface area contributed by atoms with Crippen molar-refractivity contribution in [3.63, 3.8) is 0 Å². The second-order valence-corrected chi connectivity index (χ2v) is 15.6. The molecule has 0 bridgehead atoms. The van der Waals surface area contributed by atoms with Crippen molar-refractivity contribution in [3.8, 4) is 56.4 Å². The van der Waals surface area contributed by atoms with Crippen LogP contribution >= 0.6 is 0 Å². The summed E-state index contributed by atoms with van der Waals surface area (Å²) in [7, 11) is 0. The summed E-state index contributed by atoms with van der Waals surface area (Å²) in [6, 6.07) is 75.1. The van der Waals surface area contributed by atoms with E-state index >= 15 is 0 Å². The molecule has 0 unspecified atom stereocenters. The van der Waals surface area contributed by atoms with Crippen LogP contribution in [0.1, 0.15) is 0 Å². The number of rotatable bonds is 8. The largest absolute Gasteiger partial charge is 0.456 e. The van der Waals surface area contributed by atoms with Gasteiger partial charge >= 0.3 is 0 Å². The van der Waals surface area contributed by atoms with Crippen LogP contribution < -0.4 is 4.90 Å². The van der Waals surface area contributed by atoms with E-state index in [4.69, 9.17) is 23.8 Å². The van der Waals surface area contributed by atoms with E-state index in [1.165, 1.54) is 5.56 Å². The summed E-state index contributed by atoms with van der Waals surface area (Å²) >= 11 is 0. The molecule has 3 aromatic heterocycles. The Balaban J connectivity index is 0.938. The molecule has 0 fully saturated rings. The quantitative estimate of drug-likeness (QED) is 0.152. The van der Waals surface area contributed by atoms with Crippen LogP contribution in [0.4, 0.5) is 17.1 Å². The van der Waals surface area contributed by atoms with Crippen LogP contribution in [0.2, 0.25) is 0 Å². The van der Waals surface area contributed by atoms with Gasteiger partial charge < -0.3 is 13.7 Å². The van der Waals surface area contributed by atoms with E-state index in [2.05, 4.69) is 132 Å². The molecule has 63 heavy (non-hydrogen) atoms. The highest BCUT2D eigenvalue weighted by Gasteiger charge is 2.21. The van der Waals surface area contributed by atoms with E-state index in [1.54, 1.807) is 0 Å². The summed E-state index contributed by atoms with van der Waals surface area (Å²) in [5.41, 5.74) is 13.5. The first-order chi connectivity index (χ1) is 31.2. The van der Waals surface area contributed by atoms with Crippen molar-refractivity contribution in [3.05, 3.63) is 218 Å². The van der Waals surface area contributed by atoms with Crippen LogP contribution in [0.25, 0.3) is 100 Å². The van der Waals surface area contributed by atoms with Gasteiger partial charge in [-0.15, -0.1) is 0 Å². The van der Waals surface area contributed by atoms with Crippen molar-refractivity contribution in [1.82, 2.24) is 15.0 Å². The van der Waals surface area contributed by atoms with E-state index in [1.807, 2.05) is 91.0 Å². The lowest BCUT2D eigenvalue weighted by atomic mass is 10.0. The molecule has 0 saturated carbocycles. The zero-order chi connectivity index (χ0) is 41.7. The molecule has 0 radical (unpaired) electrons. The highest BCUT2D eigenvalue weighted by atomic mass is 16.3. The predicted molar refractivity (Wildman–Crippen MR) is 256 cm³/mol. The van der Waals surface area contributed by atoms with Gasteiger partial charge in [-0.05, 0) is 76.9 Å². The average Bonchev–Trinajstić information content (AvgIpc) is 3.94. The minimum Gasteiger partial charge on any atom is -0.456 e. The number of benzene rings is 9. The van der Waals surface area contributed by atoms with Crippen LogP contribution in [0.15, 0.2) is 227 Å². The number of fused-ring (bicyclic) bond motifs is 6. The lowest BCUT2D eigenvalue weighted by molar-refractivity contribution is 0.668. The Morgan fingerprint density at radius 3 is 1.49 bits per heavy atom. The van der Waals surface area contributed by atoms with Gasteiger partial charge in [-0.2, -0.15) is 0 Å². The molecule has 0 N–H and O–H groups in total. The summed E-state index contributed by atoms with van der Waals surface area (Å²) < 4.78 is 13.2. The third-order valence-corrected chi connectivity index (χ3v) is 11.8. The first kappa shape index (κ1) is 36.3. The van der Waals surface area contributed by atoms with Crippen LogP contribution in [-0.2, 0) is 0 Å². The van der Waals surface area contributed by atoms with Gasteiger partial charge in [0.1, 0.15) is 16.7 Å². The number of furan rings is 2. The fourth-order valence-corrected chi connectivity index (χ4v) is 8.69. The van der Waals surface area contributed by atoms with Gasteiger partial charge in [0.15, 0.2) is 23.1 Å². The lowest BCUT2D eigenvalue weighted by Gasteiger charge is -2.26. The number of anilines is 3. The maximum absolute atomic E-state index is 6.60. The van der Waals surface area contributed by atoms with Gasteiger partial charge in [-0.1, -0.05) is 164 Å². The van der Waals surface area contributed by atoms with E-state index < -0.39 is 0 Å². The van der Waals surface area contributed by atoms with Gasteiger partial charge in [0.25, 0.3) is 0 Å². The van der Waals surface area contributed by atoms with E-state index in [9.17, 15) is 0 Å². The van der Waals surface area contributed by atoms with Crippen molar-refractivity contribution < 1.29 is 8.83 Å². The molecule has 0 saturated heterocycles. The van der Waals surface area contributed by atoms with Crippen LogP contribution in [0.3, 0.4) is 0 Å². The second kappa shape index (κ2) is 15.1. The zero-order valence-electron chi connectivity index (χ0n) is 33.9. The van der Waals surface area contributed by atoms with E-state index in [-0.39, 0.29) is 0 Å². The zero-order valence-corrected chi connectivity index (χ0v) is 33.9. The normalized spacial score (nSPS) is 11.5. The van der Waals surface area contributed by atoms with Crippen molar-refractivity contribution >= 4 is 60.9 Å². The molecule has 0 amide bonds. The fraction of sp³-hybridized carbons (Fsp3) is 0. The number of nitrogens with zero attached hydrogens (tertiary/aromatic N) is 4. The van der Waals surface area contributed by atoms with Crippen LogP contribution in [-0.4, -0.2) is 15.0 Å². The predicted octanol–water partition coefficient (Wildman–Crippen LogP) is 15.5. The third kappa shape index (κ3) is 6.49. The van der Waals surface area contributed by atoms with Crippen LogP contribution in [0.5, 0.6) is 0 Å².